The van der Waals surface area contributed by atoms with Gasteiger partial charge in [-0.1, -0.05) is 31.2 Å². The minimum absolute atomic E-state index is 0.156. The topological polar surface area (TPSA) is 75.3 Å². The Labute approximate surface area is 153 Å². The summed E-state index contributed by atoms with van der Waals surface area (Å²) in [4.78, 5) is 12.2. The average Bonchev–Trinajstić information content (AvgIpc) is 2.57. The molecule has 2 aromatic carbocycles. The van der Waals surface area contributed by atoms with Crippen molar-refractivity contribution >= 4 is 33.4 Å². The fraction of sp³-hybridized carbons (Fsp3) is 0.278. The zero-order valence-electron chi connectivity index (χ0n) is 14.3. The van der Waals surface area contributed by atoms with Crippen LogP contribution in [0.3, 0.4) is 0 Å². The number of sulfonamides is 1. The van der Waals surface area contributed by atoms with Crippen LogP contribution in [0.5, 0.6) is 0 Å². The number of nitrogens with one attached hydrogen (secondary N) is 2. The lowest BCUT2D eigenvalue weighted by atomic mass is 10.1. The van der Waals surface area contributed by atoms with E-state index in [0.29, 0.717) is 17.8 Å². The molecule has 0 radical (unpaired) electrons. The van der Waals surface area contributed by atoms with Crippen LogP contribution in [-0.2, 0) is 22.3 Å². The lowest BCUT2D eigenvalue weighted by Crippen LogP contribution is -2.22. The van der Waals surface area contributed by atoms with E-state index in [1.807, 2.05) is 42.1 Å². The molecule has 0 fully saturated rings. The molecule has 2 N–H and O–H groups in total. The molecule has 0 aliphatic heterocycles. The molecule has 2 rings (SSSR count). The summed E-state index contributed by atoms with van der Waals surface area (Å²) in [5, 5.41) is 2.85. The Morgan fingerprint density at radius 3 is 2.44 bits per heavy atom. The molecule has 0 aromatic heterocycles. The summed E-state index contributed by atoms with van der Waals surface area (Å²) in [5.74, 6) is 1.85. The summed E-state index contributed by atoms with van der Waals surface area (Å²) in [6.07, 6.45) is 1.10. The summed E-state index contributed by atoms with van der Waals surface area (Å²) in [5.41, 5.74) is 3.10. The van der Waals surface area contributed by atoms with Crippen molar-refractivity contribution in [2.75, 3.05) is 16.7 Å². The number of benzene rings is 2. The van der Waals surface area contributed by atoms with Crippen LogP contribution in [0.25, 0.3) is 0 Å². The van der Waals surface area contributed by atoms with E-state index in [-0.39, 0.29) is 5.91 Å². The van der Waals surface area contributed by atoms with E-state index in [0.717, 1.165) is 23.3 Å². The maximum absolute atomic E-state index is 12.2. The first kappa shape index (κ1) is 19.3. The van der Waals surface area contributed by atoms with Gasteiger partial charge in [0.15, 0.2) is 0 Å². The van der Waals surface area contributed by atoms with Gasteiger partial charge in [-0.25, -0.2) is 8.42 Å². The maximum Gasteiger partial charge on any atom is 0.251 e. The minimum atomic E-state index is -3.32. The van der Waals surface area contributed by atoms with Crippen molar-refractivity contribution in [3.05, 3.63) is 65.2 Å². The van der Waals surface area contributed by atoms with Crippen LogP contribution in [0.15, 0.2) is 48.5 Å². The van der Waals surface area contributed by atoms with Gasteiger partial charge >= 0.3 is 0 Å². The number of amides is 1. The minimum Gasteiger partial charge on any atom is -0.348 e. The van der Waals surface area contributed by atoms with Gasteiger partial charge in [0.2, 0.25) is 10.0 Å². The largest absolute Gasteiger partial charge is 0.348 e. The average molecular weight is 379 g/mol. The van der Waals surface area contributed by atoms with E-state index in [2.05, 4.69) is 17.0 Å². The van der Waals surface area contributed by atoms with Crippen LogP contribution in [0.4, 0.5) is 5.69 Å². The van der Waals surface area contributed by atoms with Crippen molar-refractivity contribution in [1.29, 1.82) is 0 Å². The van der Waals surface area contributed by atoms with Crippen molar-refractivity contribution in [1.82, 2.24) is 5.32 Å². The van der Waals surface area contributed by atoms with Gasteiger partial charge in [0.05, 0.1) is 6.26 Å². The van der Waals surface area contributed by atoms with Crippen molar-refractivity contribution < 1.29 is 13.2 Å². The fourth-order valence-electron chi connectivity index (χ4n) is 2.22. The Hall–Kier alpha value is -1.99. The van der Waals surface area contributed by atoms with E-state index in [9.17, 15) is 13.2 Å². The zero-order valence-corrected chi connectivity index (χ0v) is 15.9. The van der Waals surface area contributed by atoms with E-state index in [1.54, 1.807) is 18.2 Å². The molecule has 0 unspecified atom stereocenters. The summed E-state index contributed by atoms with van der Waals surface area (Å²) >= 11 is 1.84. The Kier molecular flexibility index (Phi) is 6.90. The molecule has 0 saturated heterocycles. The highest BCUT2D eigenvalue weighted by Gasteiger charge is 2.07. The van der Waals surface area contributed by atoms with Crippen LogP contribution in [0.1, 0.15) is 28.4 Å². The van der Waals surface area contributed by atoms with E-state index in [4.69, 9.17) is 0 Å². The summed E-state index contributed by atoms with van der Waals surface area (Å²) in [6.45, 7) is 2.44. The first-order chi connectivity index (χ1) is 11.9. The van der Waals surface area contributed by atoms with Crippen molar-refractivity contribution in [3.63, 3.8) is 0 Å². The molecule has 0 spiro atoms. The predicted molar refractivity (Wildman–Crippen MR) is 104 cm³/mol. The van der Waals surface area contributed by atoms with Gasteiger partial charge < -0.3 is 5.32 Å². The molecule has 7 heteroatoms. The molecule has 1 amide bonds. The van der Waals surface area contributed by atoms with Crippen molar-refractivity contribution in [2.24, 2.45) is 0 Å². The highest BCUT2D eigenvalue weighted by atomic mass is 32.2. The Morgan fingerprint density at radius 1 is 1.08 bits per heavy atom. The van der Waals surface area contributed by atoms with Gasteiger partial charge in [0, 0.05) is 23.5 Å². The molecular formula is C18H22N2O3S2. The number of hydrogen-bond acceptors (Lipinski definition) is 4. The second-order valence-electron chi connectivity index (χ2n) is 5.59. The third kappa shape index (κ3) is 6.80. The summed E-state index contributed by atoms with van der Waals surface area (Å²) in [7, 11) is -3.32. The normalized spacial score (nSPS) is 11.1. The molecule has 2 aromatic rings. The number of thioether (sulfide) groups is 1. The summed E-state index contributed by atoms with van der Waals surface area (Å²) < 4.78 is 25.0. The Morgan fingerprint density at radius 2 is 1.80 bits per heavy atom. The van der Waals surface area contributed by atoms with E-state index >= 15 is 0 Å². The molecule has 0 heterocycles. The number of carbonyl (C=O) groups excluding carboxylic acids is 1. The number of carbonyl (C=O) groups is 1. The number of rotatable bonds is 8. The molecule has 0 bridgehead atoms. The van der Waals surface area contributed by atoms with Gasteiger partial charge in [-0.15, -0.1) is 0 Å². The van der Waals surface area contributed by atoms with Crippen LogP contribution in [0, 0.1) is 0 Å². The quantitative estimate of drug-likeness (QED) is 0.739. The first-order valence-electron chi connectivity index (χ1n) is 7.89. The second kappa shape index (κ2) is 8.92. The van der Waals surface area contributed by atoms with Gasteiger partial charge in [-0.2, -0.15) is 11.8 Å². The highest BCUT2D eigenvalue weighted by Crippen LogP contribution is 2.14. The number of anilines is 1. The molecule has 0 saturated carbocycles. The standard InChI is InChI=1S/C18H22N2O3S2/c1-3-24-13-14-7-9-16(10-8-14)18(21)19-12-15-5-4-6-17(11-15)20-25(2,22)23/h4-11,20H,3,12-13H2,1-2H3,(H,19,21). The van der Waals surface area contributed by atoms with Crippen LogP contribution in [-0.4, -0.2) is 26.3 Å². The van der Waals surface area contributed by atoms with Gasteiger partial charge in [0.1, 0.15) is 0 Å². The summed E-state index contributed by atoms with van der Waals surface area (Å²) in [6, 6.07) is 14.5. The Bertz CT molecular complexity index is 818. The molecule has 0 aliphatic carbocycles. The van der Waals surface area contributed by atoms with Crippen LogP contribution < -0.4 is 10.0 Å². The third-order valence-electron chi connectivity index (χ3n) is 3.37. The van der Waals surface area contributed by atoms with Gasteiger partial charge in [0.25, 0.3) is 5.91 Å². The fourth-order valence-corrected chi connectivity index (χ4v) is 3.40. The molecule has 25 heavy (non-hydrogen) atoms. The monoisotopic (exact) mass is 378 g/mol. The van der Waals surface area contributed by atoms with Crippen molar-refractivity contribution in [2.45, 2.75) is 19.2 Å². The number of hydrogen-bond donors (Lipinski definition) is 2. The van der Waals surface area contributed by atoms with Gasteiger partial charge in [-0.05, 0) is 41.1 Å². The van der Waals surface area contributed by atoms with Crippen LogP contribution >= 0.6 is 11.8 Å². The predicted octanol–water partition coefficient (Wildman–Crippen LogP) is 3.24. The lowest BCUT2D eigenvalue weighted by Gasteiger charge is -2.09. The Balaban J connectivity index is 1.94. The molecular weight excluding hydrogens is 356 g/mol. The van der Waals surface area contributed by atoms with Gasteiger partial charge in [-0.3, -0.25) is 9.52 Å². The third-order valence-corrected chi connectivity index (χ3v) is 4.92. The lowest BCUT2D eigenvalue weighted by molar-refractivity contribution is 0.0951. The first-order valence-corrected chi connectivity index (χ1v) is 10.9. The molecule has 134 valence electrons. The van der Waals surface area contributed by atoms with E-state index < -0.39 is 10.0 Å². The van der Waals surface area contributed by atoms with Crippen LogP contribution in [0.2, 0.25) is 0 Å². The highest BCUT2D eigenvalue weighted by molar-refractivity contribution is 7.98. The molecule has 5 nitrogen and oxygen atoms in total. The zero-order chi connectivity index (χ0) is 18.3. The molecule has 0 aliphatic rings. The SMILES string of the molecule is CCSCc1ccc(C(=O)NCc2cccc(NS(C)(=O)=O)c2)cc1. The smallest absolute Gasteiger partial charge is 0.251 e. The maximum atomic E-state index is 12.2. The second-order valence-corrected chi connectivity index (χ2v) is 8.61. The van der Waals surface area contributed by atoms with Crippen molar-refractivity contribution in [3.8, 4) is 0 Å². The van der Waals surface area contributed by atoms with E-state index in [1.165, 1.54) is 5.56 Å². The molecule has 0 atom stereocenters.